The molecule has 0 spiro atoms. The lowest BCUT2D eigenvalue weighted by molar-refractivity contribution is 0.198. The predicted octanol–water partition coefficient (Wildman–Crippen LogP) is 3.96. The number of rotatable bonds is 3. The first-order valence-corrected chi connectivity index (χ1v) is 7.39. The van der Waals surface area contributed by atoms with Gasteiger partial charge in [0.05, 0.1) is 0 Å². The Morgan fingerprint density at radius 3 is 2.78 bits per heavy atom. The SMILES string of the molecule is C(=Cc1ccccc1)CN1CCC2CCCCC21. The molecule has 96 valence electrons. The van der Waals surface area contributed by atoms with Crippen LogP contribution in [-0.4, -0.2) is 24.0 Å². The van der Waals surface area contributed by atoms with Crippen LogP contribution in [0.5, 0.6) is 0 Å². The van der Waals surface area contributed by atoms with Crippen molar-refractivity contribution in [3.63, 3.8) is 0 Å². The molecule has 0 bridgehead atoms. The predicted molar refractivity (Wildman–Crippen MR) is 77.4 cm³/mol. The summed E-state index contributed by atoms with van der Waals surface area (Å²) in [6.07, 6.45) is 11.9. The number of benzene rings is 1. The smallest absolute Gasteiger partial charge is 0.0169 e. The van der Waals surface area contributed by atoms with Crippen LogP contribution in [0.25, 0.3) is 6.08 Å². The Morgan fingerprint density at radius 2 is 1.89 bits per heavy atom. The minimum Gasteiger partial charge on any atom is -0.296 e. The zero-order valence-corrected chi connectivity index (χ0v) is 11.1. The van der Waals surface area contributed by atoms with Gasteiger partial charge in [-0.05, 0) is 37.3 Å². The average Bonchev–Trinajstić information content (AvgIpc) is 2.84. The lowest BCUT2D eigenvalue weighted by atomic mass is 9.85. The topological polar surface area (TPSA) is 3.24 Å². The van der Waals surface area contributed by atoms with E-state index in [9.17, 15) is 0 Å². The highest BCUT2D eigenvalue weighted by molar-refractivity contribution is 5.48. The Kier molecular flexibility index (Phi) is 3.80. The maximum atomic E-state index is 2.70. The van der Waals surface area contributed by atoms with Crippen LogP contribution in [0.3, 0.4) is 0 Å². The van der Waals surface area contributed by atoms with Crippen molar-refractivity contribution < 1.29 is 0 Å². The van der Waals surface area contributed by atoms with Gasteiger partial charge in [0.2, 0.25) is 0 Å². The summed E-state index contributed by atoms with van der Waals surface area (Å²) in [6, 6.07) is 11.5. The molecule has 2 atom stereocenters. The van der Waals surface area contributed by atoms with Gasteiger partial charge in [0, 0.05) is 12.6 Å². The molecule has 1 nitrogen and oxygen atoms in total. The van der Waals surface area contributed by atoms with Crippen molar-refractivity contribution in [2.75, 3.05) is 13.1 Å². The molecule has 0 N–H and O–H groups in total. The average molecular weight is 241 g/mol. The van der Waals surface area contributed by atoms with Crippen molar-refractivity contribution in [3.8, 4) is 0 Å². The van der Waals surface area contributed by atoms with Gasteiger partial charge >= 0.3 is 0 Å². The summed E-state index contributed by atoms with van der Waals surface area (Å²) in [5, 5.41) is 0. The Hall–Kier alpha value is -1.08. The van der Waals surface area contributed by atoms with Gasteiger partial charge in [-0.1, -0.05) is 55.3 Å². The first kappa shape index (κ1) is 12.0. The van der Waals surface area contributed by atoms with Crippen LogP contribution in [-0.2, 0) is 0 Å². The Balaban J connectivity index is 1.56. The number of hydrogen-bond acceptors (Lipinski definition) is 1. The summed E-state index contributed by atoms with van der Waals surface area (Å²) in [5.74, 6) is 1.00. The number of fused-ring (bicyclic) bond motifs is 1. The monoisotopic (exact) mass is 241 g/mol. The summed E-state index contributed by atoms with van der Waals surface area (Å²) >= 11 is 0. The minimum absolute atomic E-state index is 0.888. The molecule has 1 saturated heterocycles. The van der Waals surface area contributed by atoms with Crippen molar-refractivity contribution in [3.05, 3.63) is 42.0 Å². The third-order valence-corrected chi connectivity index (χ3v) is 4.57. The highest BCUT2D eigenvalue weighted by Gasteiger charge is 2.34. The second-order valence-corrected chi connectivity index (χ2v) is 5.71. The van der Waals surface area contributed by atoms with Gasteiger partial charge in [0.15, 0.2) is 0 Å². The van der Waals surface area contributed by atoms with Gasteiger partial charge in [-0.2, -0.15) is 0 Å². The molecule has 1 saturated carbocycles. The maximum Gasteiger partial charge on any atom is 0.0169 e. The maximum absolute atomic E-state index is 2.70. The van der Waals surface area contributed by atoms with Gasteiger partial charge < -0.3 is 0 Å². The number of nitrogens with zero attached hydrogens (tertiary/aromatic N) is 1. The minimum atomic E-state index is 0.888. The van der Waals surface area contributed by atoms with E-state index in [0.29, 0.717) is 0 Å². The molecule has 2 fully saturated rings. The zero-order chi connectivity index (χ0) is 12.2. The van der Waals surface area contributed by atoms with Crippen LogP contribution in [0.4, 0.5) is 0 Å². The molecule has 1 aliphatic carbocycles. The molecule has 3 rings (SSSR count). The van der Waals surface area contributed by atoms with Gasteiger partial charge in [-0.25, -0.2) is 0 Å². The summed E-state index contributed by atoms with van der Waals surface area (Å²) in [4.78, 5) is 2.70. The molecule has 1 aliphatic heterocycles. The van der Waals surface area contributed by atoms with E-state index >= 15 is 0 Å². The van der Waals surface area contributed by atoms with E-state index in [1.807, 2.05) is 0 Å². The highest BCUT2D eigenvalue weighted by Crippen LogP contribution is 2.35. The lowest BCUT2D eigenvalue weighted by Crippen LogP contribution is -2.34. The normalized spacial score (nSPS) is 28.7. The third-order valence-electron chi connectivity index (χ3n) is 4.57. The highest BCUT2D eigenvalue weighted by atomic mass is 15.2. The number of hydrogen-bond donors (Lipinski definition) is 0. The van der Waals surface area contributed by atoms with Crippen LogP contribution < -0.4 is 0 Å². The molecule has 0 aromatic heterocycles. The molecule has 1 heteroatoms. The lowest BCUT2D eigenvalue weighted by Gasteiger charge is -2.31. The molecule has 18 heavy (non-hydrogen) atoms. The molecular weight excluding hydrogens is 218 g/mol. The van der Waals surface area contributed by atoms with Crippen LogP contribution in [0.15, 0.2) is 36.4 Å². The molecular formula is C17H23N. The molecule has 0 radical (unpaired) electrons. The van der Waals surface area contributed by atoms with Gasteiger partial charge in [0.1, 0.15) is 0 Å². The molecule has 1 heterocycles. The van der Waals surface area contributed by atoms with E-state index in [2.05, 4.69) is 47.4 Å². The zero-order valence-electron chi connectivity index (χ0n) is 11.1. The second-order valence-electron chi connectivity index (χ2n) is 5.71. The summed E-state index contributed by atoms with van der Waals surface area (Å²) < 4.78 is 0. The fourth-order valence-electron chi connectivity index (χ4n) is 3.62. The Morgan fingerprint density at radius 1 is 1.06 bits per heavy atom. The molecule has 1 aromatic carbocycles. The van der Waals surface area contributed by atoms with Crippen LogP contribution in [0.1, 0.15) is 37.7 Å². The Labute approximate surface area is 111 Å². The largest absolute Gasteiger partial charge is 0.296 e. The quantitative estimate of drug-likeness (QED) is 0.774. The van der Waals surface area contributed by atoms with Crippen LogP contribution in [0.2, 0.25) is 0 Å². The molecule has 2 aliphatic rings. The van der Waals surface area contributed by atoms with Gasteiger partial charge in [-0.15, -0.1) is 0 Å². The van der Waals surface area contributed by atoms with E-state index in [1.165, 1.54) is 44.2 Å². The molecule has 1 aromatic rings. The summed E-state index contributed by atoms with van der Waals surface area (Å²) in [7, 11) is 0. The second kappa shape index (κ2) is 5.71. The van der Waals surface area contributed by atoms with E-state index in [1.54, 1.807) is 0 Å². The van der Waals surface area contributed by atoms with Crippen LogP contribution in [0, 0.1) is 5.92 Å². The fourth-order valence-corrected chi connectivity index (χ4v) is 3.62. The van der Waals surface area contributed by atoms with Gasteiger partial charge in [0.25, 0.3) is 0 Å². The summed E-state index contributed by atoms with van der Waals surface area (Å²) in [5.41, 5.74) is 1.32. The molecule has 2 unspecified atom stereocenters. The first-order valence-electron chi connectivity index (χ1n) is 7.39. The number of likely N-dealkylation sites (tertiary alicyclic amines) is 1. The molecule has 0 amide bonds. The van der Waals surface area contributed by atoms with Crippen molar-refractivity contribution >= 4 is 6.08 Å². The Bertz CT molecular complexity index is 395. The van der Waals surface area contributed by atoms with E-state index < -0.39 is 0 Å². The summed E-state index contributed by atoms with van der Waals surface area (Å²) in [6.45, 7) is 2.45. The van der Waals surface area contributed by atoms with Crippen molar-refractivity contribution in [2.24, 2.45) is 5.92 Å². The third kappa shape index (κ3) is 2.67. The first-order chi connectivity index (χ1) is 8.93. The van der Waals surface area contributed by atoms with Crippen molar-refractivity contribution in [1.29, 1.82) is 0 Å². The fraction of sp³-hybridized carbons (Fsp3) is 0.529. The van der Waals surface area contributed by atoms with E-state index in [4.69, 9.17) is 0 Å². The van der Waals surface area contributed by atoms with E-state index in [-0.39, 0.29) is 0 Å². The van der Waals surface area contributed by atoms with Gasteiger partial charge in [-0.3, -0.25) is 4.90 Å². The van der Waals surface area contributed by atoms with Crippen molar-refractivity contribution in [1.82, 2.24) is 4.90 Å². The standard InChI is InChI=1S/C17H23N/c1-2-7-15(8-3-1)9-6-13-18-14-12-16-10-4-5-11-17(16)18/h1-3,6-9,16-17H,4-5,10-14H2. The van der Waals surface area contributed by atoms with Crippen molar-refractivity contribution in [2.45, 2.75) is 38.1 Å². The van der Waals surface area contributed by atoms with E-state index in [0.717, 1.165) is 18.5 Å². The van der Waals surface area contributed by atoms with Crippen LogP contribution >= 0.6 is 0 Å².